The lowest BCUT2D eigenvalue weighted by Crippen LogP contribution is -2.10. The van der Waals surface area contributed by atoms with Crippen LogP contribution in [0.2, 0.25) is 0 Å². The summed E-state index contributed by atoms with van der Waals surface area (Å²) in [6.07, 6.45) is 0. The molecule has 0 aliphatic carbocycles. The maximum Gasteiger partial charge on any atom is 0.153 e. The van der Waals surface area contributed by atoms with E-state index in [1.165, 1.54) is 0 Å². The van der Waals surface area contributed by atoms with Crippen LogP contribution in [0.5, 0.6) is 0 Å². The van der Waals surface area contributed by atoms with Gasteiger partial charge in [0.05, 0.1) is 6.54 Å². The van der Waals surface area contributed by atoms with Gasteiger partial charge >= 0.3 is 0 Å². The highest BCUT2D eigenvalue weighted by Crippen LogP contribution is 2.29. The van der Waals surface area contributed by atoms with Crippen LogP contribution in [0, 0.1) is 6.92 Å². The standard InChI is InChI=1S/C11H14BrN3O/c1-7-4-5-8(16-7)10-11(12)14-9(6-13-2)15(10)3/h4-5,13H,6H2,1-3H3. The Morgan fingerprint density at radius 3 is 2.81 bits per heavy atom. The SMILES string of the molecule is CNCc1nc(Br)c(-c2ccc(C)o2)n1C. The summed E-state index contributed by atoms with van der Waals surface area (Å²) in [6.45, 7) is 2.66. The number of rotatable bonds is 3. The third-order valence-corrected chi connectivity index (χ3v) is 3.01. The number of furan rings is 1. The first-order chi connectivity index (χ1) is 7.63. The number of hydrogen-bond donors (Lipinski definition) is 1. The average Bonchev–Trinajstić information content (AvgIpc) is 2.74. The number of nitrogens with zero attached hydrogens (tertiary/aromatic N) is 2. The summed E-state index contributed by atoms with van der Waals surface area (Å²) in [5.41, 5.74) is 0.971. The van der Waals surface area contributed by atoms with Gasteiger partial charge in [0.1, 0.15) is 21.9 Å². The molecule has 86 valence electrons. The molecule has 2 aromatic rings. The van der Waals surface area contributed by atoms with Crippen LogP contribution in [0.1, 0.15) is 11.6 Å². The summed E-state index contributed by atoms with van der Waals surface area (Å²) in [5.74, 6) is 2.71. The molecule has 0 spiro atoms. The lowest BCUT2D eigenvalue weighted by atomic mass is 10.3. The van der Waals surface area contributed by atoms with Crippen LogP contribution in [0.15, 0.2) is 21.2 Å². The van der Waals surface area contributed by atoms with Crippen LogP contribution in [0.25, 0.3) is 11.5 Å². The Bertz CT molecular complexity index is 501. The molecule has 0 atom stereocenters. The van der Waals surface area contributed by atoms with E-state index in [1.807, 2.05) is 37.7 Å². The molecule has 0 bridgehead atoms. The Hall–Kier alpha value is -1.07. The second-order valence-corrected chi connectivity index (χ2v) is 4.42. The molecule has 0 saturated heterocycles. The normalized spacial score (nSPS) is 11.0. The van der Waals surface area contributed by atoms with Crippen molar-refractivity contribution < 1.29 is 4.42 Å². The van der Waals surface area contributed by atoms with Crippen molar-refractivity contribution in [1.82, 2.24) is 14.9 Å². The molecule has 1 N–H and O–H groups in total. The van der Waals surface area contributed by atoms with E-state index in [9.17, 15) is 0 Å². The molecule has 0 saturated carbocycles. The highest BCUT2D eigenvalue weighted by Gasteiger charge is 2.16. The van der Waals surface area contributed by atoms with Crippen LogP contribution < -0.4 is 5.32 Å². The molecule has 16 heavy (non-hydrogen) atoms. The lowest BCUT2D eigenvalue weighted by Gasteiger charge is -2.03. The van der Waals surface area contributed by atoms with E-state index >= 15 is 0 Å². The minimum absolute atomic E-state index is 0.731. The van der Waals surface area contributed by atoms with Crippen molar-refractivity contribution in [2.45, 2.75) is 13.5 Å². The Kier molecular flexibility index (Phi) is 3.16. The first-order valence-electron chi connectivity index (χ1n) is 5.06. The third-order valence-electron chi connectivity index (χ3n) is 2.45. The van der Waals surface area contributed by atoms with Crippen LogP contribution >= 0.6 is 15.9 Å². The van der Waals surface area contributed by atoms with Crippen molar-refractivity contribution in [3.63, 3.8) is 0 Å². The smallest absolute Gasteiger partial charge is 0.153 e. The number of aromatic nitrogens is 2. The summed E-state index contributed by atoms with van der Waals surface area (Å²) in [6, 6.07) is 3.91. The van der Waals surface area contributed by atoms with Crippen LogP contribution in [0.3, 0.4) is 0 Å². The van der Waals surface area contributed by atoms with E-state index in [4.69, 9.17) is 4.42 Å². The maximum atomic E-state index is 5.61. The quantitative estimate of drug-likeness (QED) is 0.941. The number of hydrogen-bond acceptors (Lipinski definition) is 3. The van der Waals surface area contributed by atoms with Crippen molar-refractivity contribution in [3.8, 4) is 11.5 Å². The summed E-state index contributed by atoms with van der Waals surface area (Å²) in [7, 11) is 3.89. The monoisotopic (exact) mass is 283 g/mol. The molecule has 2 heterocycles. The number of aryl methyl sites for hydroxylation is 1. The topological polar surface area (TPSA) is 43.0 Å². The Balaban J connectivity index is 2.48. The van der Waals surface area contributed by atoms with Crippen LogP contribution in [-0.4, -0.2) is 16.6 Å². The van der Waals surface area contributed by atoms with Gasteiger partial charge in [-0.05, 0) is 42.0 Å². The Morgan fingerprint density at radius 2 is 2.25 bits per heavy atom. The van der Waals surface area contributed by atoms with Gasteiger partial charge in [0.2, 0.25) is 0 Å². The third kappa shape index (κ3) is 1.92. The van der Waals surface area contributed by atoms with Crippen LogP contribution in [-0.2, 0) is 13.6 Å². The highest BCUT2D eigenvalue weighted by molar-refractivity contribution is 9.10. The second kappa shape index (κ2) is 4.43. The second-order valence-electron chi connectivity index (χ2n) is 3.67. The average molecular weight is 284 g/mol. The molecule has 0 fully saturated rings. The fraction of sp³-hybridized carbons (Fsp3) is 0.364. The summed E-state index contributed by atoms with van der Waals surface area (Å²) < 4.78 is 8.45. The molecule has 5 heteroatoms. The van der Waals surface area contributed by atoms with Crippen molar-refractivity contribution in [2.24, 2.45) is 7.05 Å². The summed E-state index contributed by atoms with van der Waals surface area (Å²) >= 11 is 3.46. The molecule has 2 rings (SSSR count). The van der Waals surface area contributed by atoms with Gasteiger partial charge in [-0.25, -0.2) is 4.98 Å². The Labute approximate surface area is 103 Å². The minimum atomic E-state index is 0.731. The summed E-state index contributed by atoms with van der Waals surface area (Å²) in [5, 5.41) is 3.09. The lowest BCUT2D eigenvalue weighted by molar-refractivity contribution is 0.542. The minimum Gasteiger partial charge on any atom is -0.460 e. The van der Waals surface area contributed by atoms with Gasteiger partial charge in [-0.3, -0.25) is 0 Å². The van der Waals surface area contributed by atoms with Crippen molar-refractivity contribution in [1.29, 1.82) is 0 Å². The fourth-order valence-corrected chi connectivity index (χ4v) is 2.32. The number of halogens is 1. The molecule has 0 aliphatic rings. The van der Waals surface area contributed by atoms with Gasteiger partial charge in [0.15, 0.2) is 5.76 Å². The van der Waals surface area contributed by atoms with E-state index in [1.54, 1.807) is 0 Å². The molecule has 2 aromatic heterocycles. The van der Waals surface area contributed by atoms with E-state index in [-0.39, 0.29) is 0 Å². The van der Waals surface area contributed by atoms with Crippen LogP contribution in [0.4, 0.5) is 0 Å². The molecule has 0 aromatic carbocycles. The van der Waals surface area contributed by atoms with E-state index in [0.717, 1.165) is 34.2 Å². The highest BCUT2D eigenvalue weighted by atomic mass is 79.9. The fourth-order valence-electron chi connectivity index (χ4n) is 1.65. The first-order valence-corrected chi connectivity index (χ1v) is 5.85. The van der Waals surface area contributed by atoms with Gasteiger partial charge in [-0.15, -0.1) is 0 Å². The molecular formula is C11H14BrN3O. The molecule has 0 amide bonds. The van der Waals surface area contributed by atoms with Gasteiger partial charge in [-0.1, -0.05) is 0 Å². The van der Waals surface area contributed by atoms with Gasteiger partial charge in [0, 0.05) is 7.05 Å². The Morgan fingerprint density at radius 1 is 1.50 bits per heavy atom. The first kappa shape index (κ1) is 11.4. The van der Waals surface area contributed by atoms with E-state index in [2.05, 4.69) is 26.2 Å². The zero-order valence-electron chi connectivity index (χ0n) is 9.54. The number of nitrogens with one attached hydrogen (secondary N) is 1. The van der Waals surface area contributed by atoms with Gasteiger partial charge < -0.3 is 14.3 Å². The van der Waals surface area contributed by atoms with Crippen molar-refractivity contribution in [3.05, 3.63) is 28.3 Å². The van der Waals surface area contributed by atoms with Crippen molar-refractivity contribution >= 4 is 15.9 Å². The maximum absolute atomic E-state index is 5.61. The predicted molar refractivity (Wildman–Crippen MR) is 66.1 cm³/mol. The molecular weight excluding hydrogens is 270 g/mol. The molecule has 0 unspecified atom stereocenters. The largest absolute Gasteiger partial charge is 0.460 e. The molecule has 0 radical (unpaired) electrons. The zero-order chi connectivity index (χ0) is 11.7. The van der Waals surface area contributed by atoms with E-state index < -0.39 is 0 Å². The summed E-state index contributed by atoms with van der Waals surface area (Å²) in [4.78, 5) is 4.44. The molecule has 0 aliphatic heterocycles. The van der Waals surface area contributed by atoms with Crippen molar-refractivity contribution in [2.75, 3.05) is 7.05 Å². The number of imidazole rings is 1. The molecule has 4 nitrogen and oxygen atoms in total. The van der Waals surface area contributed by atoms with E-state index in [0.29, 0.717) is 0 Å². The zero-order valence-corrected chi connectivity index (χ0v) is 11.1. The predicted octanol–water partition coefficient (Wildman–Crippen LogP) is 2.47. The van der Waals surface area contributed by atoms with Gasteiger partial charge in [0.25, 0.3) is 0 Å². The van der Waals surface area contributed by atoms with Gasteiger partial charge in [-0.2, -0.15) is 0 Å².